The van der Waals surface area contributed by atoms with Crippen molar-refractivity contribution in [1.29, 1.82) is 0 Å². The fourth-order valence-corrected chi connectivity index (χ4v) is 1.86. The molecule has 2 rings (SSSR count). The number of carbonyl (C=O) groups is 1. The fourth-order valence-electron chi connectivity index (χ4n) is 1.86. The van der Waals surface area contributed by atoms with Crippen LogP contribution in [0.5, 0.6) is 0 Å². The number of hydrogen-bond acceptors (Lipinski definition) is 3. The molecule has 0 aromatic heterocycles. The van der Waals surface area contributed by atoms with Gasteiger partial charge >= 0.3 is 0 Å². The van der Waals surface area contributed by atoms with Gasteiger partial charge in [0.15, 0.2) is 0 Å². The summed E-state index contributed by atoms with van der Waals surface area (Å²) in [5.74, 6) is -0.481. The largest absolute Gasteiger partial charge is 0.397 e. The summed E-state index contributed by atoms with van der Waals surface area (Å²) in [5, 5.41) is 3.27. The second-order valence-corrected chi connectivity index (χ2v) is 4.54. The van der Waals surface area contributed by atoms with Crippen LogP contribution in [0.2, 0.25) is 0 Å². The summed E-state index contributed by atoms with van der Waals surface area (Å²) in [6.07, 6.45) is 0. The minimum atomic E-state index is -0.481. The maximum Gasteiger partial charge on any atom is 0.248 e. The van der Waals surface area contributed by atoms with Crippen molar-refractivity contribution in [3.8, 4) is 0 Å². The first-order valence-electron chi connectivity index (χ1n) is 6.01. The van der Waals surface area contributed by atoms with Gasteiger partial charge in [-0.05, 0) is 49.2 Å². The highest BCUT2D eigenvalue weighted by Crippen LogP contribution is 2.27. The van der Waals surface area contributed by atoms with Crippen molar-refractivity contribution in [2.24, 2.45) is 5.73 Å². The highest BCUT2D eigenvalue weighted by Gasteiger charge is 2.06. The van der Waals surface area contributed by atoms with Gasteiger partial charge in [0.1, 0.15) is 0 Å². The molecule has 0 spiro atoms. The molecule has 4 nitrogen and oxygen atoms in total. The summed E-state index contributed by atoms with van der Waals surface area (Å²) in [7, 11) is 0. The molecule has 0 aliphatic heterocycles. The number of amides is 1. The Kier molecular flexibility index (Phi) is 3.42. The maximum absolute atomic E-state index is 11.1. The van der Waals surface area contributed by atoms with E-state index < -0.39 is 5.91 Å². The van der Waals surface area contributed by atoms with Gasteiger partial charge in [0.2, 0.25) is 5.91 Å². The summed E-state index contributed by atoms with van der Waals surface area (Å²) in [6.45, 7) is 4.10. The van der Waals surface area contributed by atoms with E-state index in [4.69, 9.17) is 11.5 Å². The number of primary amides is 1. The molecule has 1 amide bonds. The van der Waals surface area contributed by atoms with E-state index in [-0.39, 0.29) is 0 Å². The van der Waals surface area contributed by atoms with E-state index in [1.54, 1.807) is 18.2 Å². The molecule has 19 heavy (non-hydrogen) atoms. The number of aryl methyl sites for hydroxylation is 1. The third-order valence-corrected chi connectivity index (χ3v) is 3.21. The fraction of sp³-hybridized carbons (Fsp3) is 0.133. The monoisotopic (exact) mass is 255 g/mol. The van der Waals surface area contributed by atoms with Crippen LogP contribution < -0.4 is 16.8 Å². The van der Waals surface area contributed by atoms with Gasteiger partial charge in [0.05, 0.1) is 11.4 Å². The second kappa shape index (κ2) is 5.02. The van der Waals surface area contributed by atoms with Crippen LogP contribution in [0.4, 0.5) is 17.1 Å². The molecule has 0 saturated heterocycles. The number of nitrogens with two attached hydrogens (primary N) is 2. The molecule has 0 saturated carbocycles. The molecule has 0 radical (unpaired) electrons. The van der Waals surface area contributed by atoms with Crippen molar-refractivity contribution in [2.75, 3.05) is 11.1 Å². The van der Waals surface area contributed by atoms with E-state index in [9.17, 15) is 4.79 Å². The van der Waals surface area contributed by atoms with E-state index in [1.807, 2.05) is 19.1 Å². The molecular weight excluding hydrogens is 238 g/mol. The molecule has 2 aromatic carbocycles. The van der Waals surface area contributed by atoms with Crippen LogP contribution in [-0.4, -0.2) is 5.91 Å². The summed E-state index contributed by atoms with van der Waals surface area (Å²) in [4.78, 5) is 11.1. The van der Waals surface area contributed by atoms with E-state index in [0.29, 0.717) is 11.3 Å². The number of nitrogen functional groups attached to an aromatic ring is 1. The van der Waals surface area contributed by atoms with Gasteiger partial charge in [-0.25, -0.2) is 0 Å². The first-order chi connectivity index (χ1) is 8.99. The lowest BCUT2D eigenvalue weighted by Crippen LogP contribution is -2.11. The van der Waals surface area contributed by atoms with Crippen molar-refractivity contribution in [2.45, 2.75) is 13.8 Å². The number of rotatable bonds is 3. The number of carbonyl (C=O) groups excluding carboxylic acids is 1. The maximum atomic E-state index is 11.1. The Hall–Kier alpha value is -2.49. The standard InChI is InChI=1S/C15H17N3O/c1-9-4-3-5-13(10(9)2)18-14-7-6-11(15(17)19)8-12(14)16/h3-8,18H,16H2,1-2H3,(H2,17,19). The third kappa shape index (κ3) is 2.68. The quantitative estimate of drug-likeness (QED) is 0.737. The lowest BCUT2D eigenvalue weighted by atomic mass is 10.1. The predicted molar refractivity (Wildman–Crippen MR) is 78.6 cm³/mol. The average Bonchev–Trinajstić information content (AvgIpc) is 2.37. The number of anilines is 3. The Labute approximate surface area is 112 Å². The molecule has 2 aromatic rings. The zero-order chi connectivity index (χ0) is 14.0. The van der Waals surface area contributed by atoms with Crippen LogP contribution in [0.25, 0.3) is 0 Å². The van der Waals surface area contributed by atoms with E-state index in [2.05, 4.69) is 18.3 Å². The molecule has 98 valence electrons. The van der Waals surface area contributed by atoms with Crippen LogP contribution in [-0.2, 0) is 0 Å². The van der Waals surface area contributed by atoms with Crippen LogP contribution in [0.1, 0.15) is 21.5 Å². The molecule has 5 N–H and O–H groups in total. The highest BCUT2D eigenvalue weighted by atomic mass is 16.1. The van der Waals surface area contributed by atoms with E-state index in [1.165, 1.54) is 11.1 Å². The van der Waals surface area contributed by atoms with Gasteiger partial charge in [0, 0.05) is 11.3 Å². The predicted octanol–water partition coefficient (Wildman–Crippen LogP) is 2.73. The molecular formula is C15H17N3O. The summed E-state index contributed by atoms with van der Waals surface area (Å²) in [5.41, 5.74) is 16.2. The molecule has 0 fully saturated rings. The second-order valence-electron chi connectivity index (χ2n) is 4.54. The summed E-state index contributed by atoms with van der Waals surface area (Å²) < 4.78 is 0. The van der Waals surface area contributed by atoms with Crippen molar-refractivity contribution >= 4 is 23.0 Å². The Balaban J connectivity index is 2.34. The van der Waals surface area contributed by atoms with Crippen LogP contribution in [0.15, 0.2) is 36.4 Å². The van der Waals surface area contributed by atoms with Crippen molar-refractivity contribution < 1.29 is 4.79 Å². The zero-order valence-corrected chi connectivity index (χ0v) is 11.0. The molecule has 0 aliphatic carbocycles. The van der Waals surface area contributed by atoms with Gasteiger partial charge in [-0.3, -0.25) is 4.79 Å². The Morgan fingerprint density at radius 2 is 1.84 bits per heavy atom. The SMILES string of the molecule is Cc1cccc(Nc2ccc(C(N)=O)cc2N)c1C. The van der Waals surface area contributed by atoms with Crippen LogP contribution >= 0.6 is 0 Å². The molecule has 0 heterocycles. The van der Waals surface area contributed by atoms with Crippen LogP contribution in [0, 0.1) is 13.8 Å². The van der Waals surface area contributed by atoms with Gasteiger partial charge < -0.3 is 16.8 Å². The Bertz CT molecular complexity index is 635. The van der Waals surface area contributed by atoms with Crippen molar-refractivity contribution in [3.63, 3.8) is 0 Å². The molecule has 0 unspecified atom stereocenters. The number of benzene rings is 2. The van der Waals surface area contributed by atoms with E-state index >= 15 is 0 Å². The molecule has 0 aliphatic rings. The lowest BCUT2D eigenvalue weighted by Gasteiger charge is -2.13. The van der Waals surface area contributed by atoms with Gasteiger partial charge in [-0.2, -0.15) is 0 Å². The van der Waals surface area contributed by atoms with Gasteiger partial charge in [0.25, 0.3) is 0 Å². The first kappa shape index (κ1) is 13.0. The smallest absolute Gasteiger partial charge is 0.248 e. The van der Waals surface area contributed by atoms with Crippen LogP contribution in [0.3, 0.4) is 0 Å². The minimum Gasteiger partial charge on any atom is -0.397 e. The molecule has 0 atom stereocenters. The first-order valence-corrected chi connectivity index (χ1v) is 6.01. The summed E-state index contributed by atoms with van der Waals surface area (Å²) >= 11 is 0. The van der Waals surface area contributed by atoms with E-state index in [0.717, 1.165) is 11.4 Å². The average molecular weight is 255 g/mol. The van der Waals surface area contributed by atoms with Gasteiger partial charge in [-0.15, -0.1) is 0 Å². The minimum absolute atomic E-state index is 0.406. The van der Waals surface area contributed by atoms with Gasteiger partial charge in [-0.1, -0.05) is 12.1 Å². The molecule has 4 heteroatoms. The normalized spacial score (nSPS) is 10.2. The lowest BCUT2D eigenvalue weighted by molar-refractivity contribution is 0.100. The van der Waals surface area contributed by atoms with Crippen molar-refractivity contribution in [3.05, 3.63) is 53.1 Å². The number of hydrogen-bond donors (Lipinski definition) is 3. The third-order valence-electron chi connectivity index (χ3n) is 3.21. The van der Waals surface area contributed by atoms with Crippen molar-refractivity contribution in [1.82, 2.24) is 0 Å². The molecule has 0 bridgehead atoms. The topological polar surface area (TPSA) is 81.1 Å². The highest BCUT2D eigenvalue weighted by molar-refractivity contribution is 5.95. The Morgan fingerprint density at radius 3 is 2.47 bits per heavy atom. The number of nitrogens with one attached hydrogen (secondary N) is 1. The summed E-state index contributed by atoms with van der Waals surface area (Å²) in [6, 6.07) is 11.0. The Morgan fingerprint density at radius 1 is 1.11 bits per heavy atom. The zero-order valence-electron chi connectivity index (χ0n) is 11.0.